The zero-order valence-corrected chi connectivity index (χ0v) is 22.6. The first kappa shape index (κ1) is 27.0. The van der Waals surface area contributed by atoms with Gasteiger partial charge < -0.3 is 14.4 Å². The lowest BCUT2D eigenvalue weighted by molar-refractivity contribution is -0.0103. The quantitative estimate of drug-likeness (QED) is 0.528. The van der Waals surface area contributed by atoms with E-state index in [0.29, 0.717) is 19.6 Å². The van der Waals surface area contributed by atoms with Crippen LogP contribution in [0.5, 0.6) is 0 Å². The van der Waals surface area contributed by atoms with E-state index in [1.165, 1.54) is 12.1 Å². The molecule has 3 rings (SSSR count). The largest absolute Gasteiger partial charge is 0.443 e. The van der Waals surface area contributed by atoms with Crippen molar-refractivity contribution in [3.05, 3.63) is 60.2 Å². The van der Waals surface area contributed by atoms with Gasteiger partial charge in [0, 0.05) is 12.2 Å². The summed E-state index contributed by atoms with van der Waals surface area (Å²) in [5.74, 6) is 0. The maximum Gasteiger partial charge on any atom is 0.424 e. The first-order valence-electron chi connectivity index (χ1n) is 12.0. The van der Waals surface area contributed by atoms with Gasteiger partial charge in [-0.2, -0.15) is 4.31 Å². The molecule has 0 radical (unpaired) electrons. The Morgan fingerprint density at radius 2 is 1.57 bits per heavy atom. The molecule has 1 fully saturated rings. The van der Waals surface area contributed by atoms with Crippen LogP contribution in [0.4, 0.5) is 10.5 Å². The minimum atomic E-state index is -4.15. The number of carbonyl (C=O) groups is 1. The highest BCUT2D eigenvalue weighted by Gasteiger charge is 2.45. The normalized spacial score (nSPS) is 19.0. The number of ether oxygens (including phenoxy) is 2. The zero-order chi connectivity index (χ0) is 26.0. The summed E-state index contributed by atoms with van der Waals surface area (Å²) in [4.78, 5) is 15.6. The van der Waals surface area contributed by atoms with E-state index in [-0.39, 0.29) is 16.5 Å². The fourth-order valence-corrected chi connectivity index (χ4v) is 5.56. The lowest BCUT2D eigenvalue weighted by Crippen LogP contribution is -2.48. The van der Waals surface area contributed by atoms with Crippen molar-refractivity contribution in [1.29, 1.82) is 0 Å². The molecule has 0 spiro atoms. The van der Waals surface area contributed by atoms with E-state index in [0.717, 1.165) is 15.6 Å². The van der Waals surface area contributed by atoms with E-state index in [4.69, 9.17) is 9.47 Å². The van der Waals surface area contributed by atoms with Crippen molar-refractivity contribution in [3.63, 3.8) is 0 Å². The van der Waals surface area contributed by atoms with Gasteiger partial charge in [-0.25, -0.2) is 13.2 Å². The Bertz CT molecular complexity index is 1100. The Labute approximate surface area is 210 Å². The fourth-order valence-electron chi connectivity index (χ4n) is 4.08. The van der Waals surface area contributed by atoms with Crippen LogP contribution in [0.15, 0.2) is 59.5 Å². The Morgan fingerprint density at radius 1 is 0.971 bits per heavy atom. The van der Waals surface area contributed by atoms with E-state index < -0.39 is 27.8 Å². The molecule has 1 heterocycles. The summed E-state index contributed by atoms with van der Waals surface area (Å²) in [6.45, 7) is 13.8. The molecular weight excluding hydrogens is 464 g/mol. The van der Waals surface area contributed by atoms with Crippen LogP contribution in [0.2, 0.25) is 0 Å². The highest BCUT2D eigenvalue weighted by molar-refractivity contribution is 7.89. The summed E-state index contributed by atoms with van der Waals surface area (Å²) in [6, 6.07) is 15.6. The molecule has 2 atom stereocenters. The molecule has 1 amide bonds. The monoisotopic (exact) mass is 502 g/mol. The molecule has 7 nitrogen and oxygen atoms in total. The zero-order valence-electron chi connectivity index (χ0n) is 21.8. The summed E-state index contributed by atoms with van der Waals surface area (Å²) < 4.78 is 40.2. The maximum atomic E-state index is 13.8. The molecule has 0 saturated carbocycles. The molecule has 2 aromatic rings. The lowest BCUT2D eigenvalue weighted by Gasteiger charge is -2.31. The van der Waals surface area contributed by atoms with Crippen molar-refractivity contribution in [2.24, 2.45) is 0 Å². The summed E-state index contributed by atoms with van der Waals surface area (Å²) in [5.41, 5.74) is 0.696. The van der Waals surface area contributed by atoms with E-state index in [9.17, 15) is 13.2 Å². The highest BCUT2D eigenvalue weighted by Crippen LogP contribution is 2.33. The summed E-state index contributed by atoms with van der Waals surface area (Å²) in [6.07, 6.45) is -0.441. The van der Waals surface area contributed by atoms with Crippen molar-refractivity contribution in [2.45, 2.75) is 83.1 Å². The van der Waals surface area contributed by atoms with Gasteiger partial charge in [0.2, 0.25) is 0 Å². The second kappa shape index (κ2) is 10.2. The van der Waals surface area contributed by atoms with Gasteiger partial charge in [-0.1, -0.05) is 35.9 Å². The average Bonchev–Trinajstić information content (AvgIpc) is 3.15. The van der Waals surface area contributed by atoms with Gasteiger partial charge in [0.1, 0.15) is 5.60 Å². The average molecular weight is 503 g/mol. The van der Waals surface area contributed by atoms with Crippen molar-refractivity contribution >= 4 is 21.8 Å². The van der Waals surface area contributed by atoms with Crippen molar-refractivity contribution in [1.82, 2.24) is 4.31 Å². The standard InChI is InChI=1S/C27H38N2O5S/c1-20-13-15-24(16-14-20)35(31,32)29(25(30)34-27(5,6)7)22-17-23(19-33-26(2,3)4)28(18-22)21-11-9-8-10-12-21/h8-16,22-23H,17-19H2,1-7H3/t22-,23-/m0/s1. The smallest absolute Gasteiger partial charge is 0.424 e. The molecule has 0 unspecified atom stereocenters. The number of sulfonamides is 1. The topological polar surface area (TPSA) is 76.2 Å². The van der Waals surface area contributed by atoms with Crippen LogP contribution >= 0.6 is 0 Å². The Balaban J connectivity index is 2.01. The molecular formula is C27H38N2O5S. The van der Waals surface area contributed by atoms with Gasteiger partial charge in [0.05, 0.1) is 29.2 Å². The van der Waals surface area contributed by atoms with Gasteiger partial charge in [0.25, 0.3) is 10.0 Å². The molecule has 0 bridgehead atoms. The van der Waals surface area contributed by atoms with Gasteiger partial charge in [-0.05, 0) is 79.2 Å². The lowest BCUT2D eigenvalue weighted by atomic mass is 10.1. The number of anilines is 1. The minimum absolute atomic E-state index is 0.0645. The predicted octanol–water partition coefficient (Wildman–Crippen LogP) is 5.38. The van der Waals surface area contributed by atoms with Crippen LogP contribution < -0.4 is 4.90 Å². The van der Waals surface area contributed by atoms with Gasteiger partial charge in [0.15, 0.2) is 0 Å². The van der Waals surface area contributed by atoms with Crippen molar-refractivity contribution in [2.75, 3.05) is 18.1 Å². The molecule has 2 aromatic carbocycles. The third kappa shape index (κ3) is 6.98. The highest BCUT2D eigenvalue weighted by atomic mass is 32.2. The summed E-state index contributed by atoms with van der Waals surface area (Å²) in [5, 5.41) is 0. The van der Waals surface area contributed by atoms with Crippen molar-refractivity contribution in [3.8, 4) is 0 Å². The number of nitrogens with zero attached hydrogens (tertiary/aromatic N) is 2. The molecule has 8 heteroatoms. The van der Waals surface area contributed by atoms with Crippen LogP contribution in [0, 0.1) is 6.92 Å². The number of benzene rings is 2. The second-order valence-electron chi connectivity index (χ2n) is 11.0. The molecule has 0 aliphatic carbocycles. The Hall–Kier alpha value is -2.58. The summed E-state index contributed by atoms with van der Waals surface area (Å²) in [7, 11) is -4.15. The van der Waals surface area contributed by atoms with Crippen LogP contribution in [0.1, 0.15) is 53.5 Å². The third-order valence-corrected chi connectivity index (χ3v) is 7.50. The number of rotatable bonds is 6. The molecule has 35 heavy (non-hydrogen) atoms. The predicted molar refractivity (Wildman–Crippen MR) is 138 cm³/mol. The van der Waals surface area contributed by atoms with Gasteiger partial charge in [-0.3, -0.25) is 0 Å². The first-order chi connectivity index (χ1) is 16.2. The maximum absolute atomic E-state index is 13.8. The molecule has 192 valence electrons. The number of carbonyl (C=O) groups excluding carboxylic acids is 1. The molecule has 1 saturated heterocycles. The van der Waals surface area contributed by atoms with E-state index in [1.807, 2.05) is 58.0 Å². The van der Waals surface area contributed by atoms with Crippen molar-refractivity contribution < 1.29 is 22.7 Å². The SMILES string of the molecule is Cc1ccc(S(=O)(=O)N(C(=O)OC(C)(C)C)[C@H]2C[C@@H](COC(C)(C)C)N(c3ccccc3)C2)cc1. The fraction of sp³-hybridized carbons (Fsp3) is 0.519. The number of hydrogen-bond acceptors (Lipinski definition) is 6. The van der Waals surface area contributed by atoms with E-state index >= 15 is 0 Å². The molecule has 1 aliphatic rings. The molecule has 1 aliphatic heterocycles. The second-order valence-corrected chi connectivity index (χ2v) is 12.9. The third-order valence-electron chi connectivity index (χ3n) is 5.67. The number of aryl methyl sites for hydroxylation is 1. The summed E-state index contributed by atoms with van der Waals surface area (Å²) >= 11 is 0. The minimum Gasteiger partial charge on any atom is -0.443 e. The van der Waals surface area contributed by atoms with Crippen LogP contribution in [-0.2, 0) is 19.5 Å². The number of amides is 1. The van der Waals surface area contributed by atoms with Gasteiger partial charge >= 0.3 is 6.09 Å². The van der Waals surface area contributed by atoms with E-state index in [2.05, 4.69) is 4.90 Å². The first-order valence-corrected chi connectivity index (χ1v) is 13.4. The Morgan fingerprint density at radius 3 is 2.11 bits per heavy atom. The Kier molecular flexibility index (Phi) is 7.86. The van der Waals surface area contributed by atoms with Crippen LogP contribution in [0.3, 0.4) is 0 Å². The number of para-hydroxylation sites is 1. The number of hydrogen-bond donors (Lipinski definition) is 0. The molecule has 0 N–H and O–H groups in total. The van der Waals surface area contributed by atoms with Crippen LogP contribution in [0.25, 0.3) is 0 Å². The van der Waals surface area contributed by atoms with Gasteiger partial charge in [-0.15, -0.1) is 0 Å². The van der Waals surface area contributed by atoms with Crippen LogP contribution in [-0.4, -0.2) is 55.3 Å². The molecule has 0 aromatic heterocycles. The van der Waals surface area contributed by atoms with E-state index in [1.54, 1.807) is 32.9 Å².